The summed E-state index contributed by atoms with van der Waals surface area (Å²) >= 11 is 0. The van der Waals surface area contributed by atoms with E-state index in [0.717, 1.165) is 11.1 Å². The van der Waals surface area contributed by atoms with Gasteiger partial charge in [0.05, 0.1) is 5.56 Å². The number of nitrogens with one attached hydrogen (secondary N) is 1. The van der Waals surface area contributed by atoms with E-state index in [1.165, 1.54) is 23.1 Å². The van der Waals surface area contributed by atoms with E-state index in [2.05, 4.69) is 5.32 Å². The van der Waals surface area contributed by atoms with Crippen LogP contribution in [0.2, 0.25) is 0 Å². The maximum Gasteiger partial charge on any atom is 0.269 e. The highest BCUT2D eigenvalue weighted by Gasteiger charge is 2.43. The van der Waals surface area contributed by atoms with Gasteiger partial charge in [-0.2, -0.15) is 0 Å². The second kappa shape index (κ2) is 10.4. The second-order valence-corrected chi connectivity index (χ2v) is 10.7. The second-order valence-electron chi connectivity index (χ2n) is 8.82. The van der Waals surface area contributed by atoms with E-state index >= 15 is 0 Å². The number of carbonyl (C=O) groups is 3. The maximum atomic E-state index is 13.5. The molecule has 0 aliphatic carbocycles. The van der Waals surface area contributed by atoms with Gasteiger partial charge in [0, 0.05) is 13.1 Å². The summed E-state index contributed by atoms with van der Waals surface area (Å²) in [6, 6.07) is 12.6. The van der Waals surface area contributed by atoms with Crippen molar-refractivity contribution in [2.45, 2.75) is 51.6 Å². The third-order valence-corrected chi connectivity index (χ3v) is 7.65. The van der Waals surface area contributed by atoms with Crippen molar-refractivity contribution in [1.29, 1.82) is 0 Å². The van der Waals surface area contributed by atoms with Crippen LogP contribution in [0, 0.1) is 12.8 Å². The van der Waals surface area contributed by atoms with E-state index in [-0.39, 0.29) is 28.8 Å². The molecule has 0 unspecified atom stereocenters. The Balaban J connectivity index is 1.92. The molecule has 0 spiro atoms. The number of carbonyl (C=O) groups excluding carboxylic acids is 3. The van der Waals surface area contributed by atoms with E-state index in [0.29, 0.717) is 17.3 Å². The molecule has 34 heavy (non-hydrogen) atoms. The Labute approximate surface area is 201 Å². The van der Waals surface area contributed by atoms with E-state index in [1.54, 1.807) is 13.0 Å². The van der Waals surface area contributed by atoms with Crippen molar-refractivity contribution in [3.63, 3.8) is 0 Å². The Kier molecular flexibility index (Phi) is 7.76. The van der Waals surface area contributed by atoms with Crippen LogP contribution in [0.25, 0.3) is 0 Å². The molecular weight excluding hydrogens is 454 g/mol. The summed E-state index contributed by atoms with van der Waals surface area (Å²) in [7, 11) is -4.14. The zero-order chi connectivity index (χ0) is 25.0. The van der Waals surface area contributed by atoms with Gasteiger partial charge in [-0.05, 0) is 42.5 Å². The third-order valence-electron chi connectivity index (χ3n) is 5.86. The van der Waals surface area contributed by atoms with Gasteiger partial charge in [0.2, 0.25) is 11.8 Å². The molecule has 1 N–H and O–H groups in total. The number of nitrogens with zero attached hydrogens (tertiary/aromatic N) is 2. The summed E-state index contributed by atoms with van der Waals surface area (Å²) in [5, 5.41) is 2.87. The molecule has 0 aromatic heterocycles. The predicted molar refractivity (Wildman–Crippen MR) is 128 cm³/mol. The molecule has 0 saturated heterocycles. The van der Waals surface area contributed by atoms with Crippen LogP contribution < -0.4 is 5.32 Å². The van der Waals surface area contributed by atoms with Gasteiger partial charge in [-0.3, -0.25) is 14.4 Å². The van der Waals surface area contributed by atoms with Crippen molar-refractivity contribution in [3.05, 3.63) is 65.2 Å². The molecule has 1 aliphatic heterocycles. The molecule has 0 saturated carbocycles. The van der Waals surface area contributed by atoms with Crippen LogP contribution in [0.3, 0.4) is 0 Å². The Bertz CT molecular complexity index is 1190. The van der Waals surface area contributed by atoms with Crippen LogP contribution in [0.1, 0.15) is 48.7 Å². The number of hydrogen-bond donors (Lipinski definition) is 1. The summed E-state index contributed by atoms with van der Waals surface area (Å²) in [6.07, 6.45) is 0.336. The Hall–Kier alpha value is -3.20. The van der Waals surface area contributed by atoms with E-state index in [1.807, 2.05) is 45.0 Å². The average molecular weight is 486 g/mol. The fraction of sp³-hybridized carbons (Fsp3) is 0.400. The van der Waals surface area contributed by atoms with Crippen molar-refractivity contribution in [2.75, 3.05) is 13.1 Å². The molecular formula is C25H31N3O5S. The van der Waals surface area contributed by atoms with Crippen LogP contribution in [-0.2, 0) is 26.2 Å². The summed E-state index contributed by atoms with van der Waals surface area (Å²) in [4.78, 5) is 40.6. The van der Waals surface area contributed by atoms with Crippen LogP contribution in [0.5, 0.6) is 0 Å². The minimum Gasteiger partial charge on any atom is -0.354 e. The van der Waals surface area contributed by atoms with Gasteiger partial charge in [0.25, 0.3) is 15.9 Å². The topological polar surface area (TPSA) is 104 Å². The first-order chi connectivity index (χ1) is 16.1. The number of rotatable bonds is 9. The van der Waals surface area contributed by atoms with Crippen molar-refractivity contribution in [3.8, 4) is 0 Å². The van der Waals surface area contributed by atoms with Gasteiger partial charge >= 0.3 is 0 Å². The number of sulfonamides is 1. The fourth-order valence-electron chi connectivity index (χ4n) is 3.91. The van der Waals surface area contributed by atoms with Crippen molar-refractivity contribution in [1.82, 2.24) is 14.5 Å². The molecule has 0 bridgehead atoms. The molecule has 1 aliphatic rings. The van der Waals surface area contributed by atoms with Gasteiger partial charge < -0.3 is 10.2 Å². The summed E-state index contributed by atoms with van der Waals surface area (Å²) in [6.45, 7) is 7.55. The van der Waals surface area contributed by atoms with Crippen molar-refractivity contribution >= 4 is 27.7 Å². The summed E-state index contributed by atoms with van der Waals surface area (Å²) in [5.41, 5.74) is 1.82. The zero-order valence-electron chi connectivity index (χ0n) is 19.9. The van der Waals surface area contributed by atoms with Crippen LogP contribution in [0.4, 0.5) is 0 Å². The largest absolute Gasteiger partial charge is 0.354 e. The Morgan fingerprint density at radius 1 is 1.06 bits per heavy atom. The van der Waals surface area contributed by atoms with E-state index < -0.39 is 34.4 Å². The number of hydrogen-bond acceptors (Lipinski definition) is 5. The predicted octanol–water partition coefficient (Wildman–Crippen LogP) is 2.72. The monoisotopic (exact) mass is 485 g/mol. The molecule has 2 aromatic carbocycles. The van der Waals surface area contributed by atoms with Gasteiger partial charge in [0.15, 0.2) is 0 Å². The maximum absolute atomic E-state index is 13.5. The van der Waals surface area contributed by atoms with Gasteiger partial charge in [-0.15, -0.1) is 0 Å². The average Bonchev–Trinajstić information content (AvgIpc) is 2.99. The Morgan fingerprint density at radius 2 is 1.71 bits per heavy atom. The molecule has 2 aromatic rings. The van der Waals surface area contributed by atoms with Gasteiger partial charge in [-0.1, -0.05) is 57.2 Å². The smallest absolute Gasteiger partial charge is 0.269 e. The molecule has 3 rings (SSSR count). The third kappa shape index (κ3) is 5.14. The lowest BCUT2D eigenvalue weighted by Gasteiger charge is -2.32. The van der Waals surface area contributed by atoms with E-state index in [4.69, 9.17) is 0 Å². The molecule has 9 heteroatoms. The number of benzene rings is 2. The molecule has 0 radical (unpaired) electrons. The minimum atomic E-state index is -4.14. The molecule has 0 fully saturated rings. The number of fused-ring (bicyclic) bond motifs is 1. The number of aryl methyl sites for hydroxylation is 1. The fourth-order valence-corrected chi connectivity index (χ4v) is 5.43. The van der Waals surface area contributed by atoms with E-state index in [9.17, 15) is 22.8 Å². The first-order valence-corrected chi connectivity index (χ1v) is 12.8. The normalized spacial score (nSPS) is 15.2. The molecule has 8 nitrogen and oxygen atoms in total. The van der Waals surface area contributed by atoms with Crippen molar-refractivity contribution in [2.24, 2.45) is 5.92 Å². The molecule has 182 valence electrons. The highest BCUT2D eigenvalue weighted by molar-refractivity contribution is 7.90. The summed E-state index contributed by atoms with van der Waals surface area (Å²) < 4.78 is 26.5. The Morgan fingerprint density at radius 3 is 2.32 bits per heavy atom. The standard InChI is InChI=1S/C25H31N3O5S/c1-5-21(24(30)26-14-17(2)3)27(15-19-11-7-6-10-18(19)4)23(29)16-28-25(31)20-12-8-9-13-22(20)34(28,32)33/h6-13,17,21H,5,14-16H2,1-4H3,(H,26,30)/t21-/m1/s1. The van der Waals surface area contributed by atoms with Crippen molar-refractivity contribution < 1.29 is 22.8 Å². The molecule has 1 atom stereocenters. The summed E-state index contributed by atoms with van der Waals surface area (Å²) in [5.74, 6) is -1.43. The quantitative estimate of drug-likeness (QED) is 0.588. The van der Waals surface area contributed by atoms with Crippen LogP contribution in [0.15, 0.2) is 53.4 Å². The number of amides is 3. The lowest BCUT2D eigenvalue weighted by molar-refractivity contribution is -0.141. The first-order valence-electron chi connectivity index (χ1n) is 11.4. The molecule has 1 heterocycles. The van der Waals surface area contributed by atoms with Gasteiger partial charge in [0.1, 0.15) is 17.5 Å². The first kappa shape index (κ1) is 25.4. The highest BCUT2D eigenvalue weighted by atomic mass is 32.2. The van der Waals surface area contributed by atoms with Gasteiger partial charge in [-0.25, -0.2) is 12.7 Å². The van der Waals surface area contributed by atoms with Crippen LogP contribution >= 0.6 is 0 Å². The SMILES string of the molecule is CC[C@H](C(=O)NCC(C)C)N(Cc1ccccc1C)C(=O)CN1C(=O)c2ccccc2S1(=O)=O. The highest BCUT2D eigenvalue weighted by Crippen LogP contribution is 2.30. The zero-order valence-corrected chi connectivity index (χ0v) is 20.8. The lowest BCUT2D eigenvalue weighted by atomic mass is 10.1. The van der Waals surface area contributed by atoms with Crippen LogP contribution in [-0.4, -0.2) is 54.5 Å². The molecule has 3 amide bonds. The minimum absolute atomic E-state index is 0.0440. The lowest BCUT2D eigenvalue weighted by Crippen LogP contribution is -2.52.